The van der Waals surface area contributed by atoms with Crippen LogP contribution in [0.1, 0.15) is 30.1 Å². The Morgan fingerprint density at radius 3 is 2.57 bits per heavy atom. The number of benzene rings is 2. The first kappa shape index (κ1) is 18.9. The average Bonchev–Trinajstić information content (AvgIpc) is 2.51. The zero-order valence-electron chi connectivity index (χ0n) is 12.9. The van der Waals surface area contributed by atoms with E-state index in [1.165, 1.54) is 24.3 Å². The number of quaternary nitrogens is 1. The zero-order chi connectivity index (χ0) is 15.9. The van der Waals surface area contributed by atoms with Crippen LogP contribution >= 0.6 is 0 Å². The molecule has 0 heterocycles. The van der Waals surface area contributed by atoms with Gasteiger partial charge in [0.15, 0.2) is 0 Å². The molecule has 0 unspecified atom stereocenters. The second-order valence-electron chi connectivity index (χ2n) is 5.00. The molecule has 124 valence electrons. The molecule has 0 fully saturated rings. The lowest BCUT2D eigenvalue weighted by molar-refractivity contribution is -0.254. The summed E-state index contributed by atoms with van der Waals surface area (Å²) < 4.78 is 18.6. The van der Waals surface area contributed by atoms with Gasteiger partial charge in [0.25, 0.3) is 5.91 Å². The Morgan fingerprint density at radius 1 is 1.22 bits per heavy atom. The number of ether oxygens (including phenoxy) is 1. The van der Waals surface area contributed by atoms with E-state index in [9.17, 15) is 9.18 Å². The van der Waals surface area contributed by atoms with E-state index in [0.717, 1.165) is 18.5 Å². The zero-order valence-corrected chi connectivity index (χ0v) is 13.7. The molecule has 0 saturated heterocycles. The number of halogens is 2. The van der Waals surface area contributed by atoms with E-state index in [4.69, 9.17) is 4.74 Å². The van der Waals surface area contributed by atoms with Crippen molar-refractivity contribution in [2.45, 2.75) is 19.8 Å². The van der Waals surface area contributed by atoms with Crippen LogP contribution in [-0.2, 0) is 0 Å². The molecule has 0 atom stereocenters. The van der Waals surface area contributed by atoms with Crippen molar-refractivity contribution in [1.29, 1.82) is 0 Å². The monoisotopic (exact) mass is 338 g/mol. The molecule has 0 aliphatic carbocycles. The normalized spacial score (nSPS) is 9.87. The second kappa shape index (κ2) is 9.12. The quantitative estimate of drug-likeness (QED) is 0.730. The molecule has 2 rings (SSSR count). The van der Waals surface area contributed by atoms with Gasteiger partial charge in [-0.05, 0) is 36.8 Å². The number of nitrogens with one attached hydrogen (secondary N) is 1. The van der Waals surface area contributed by atoms with Crippen LogP contribution in [0.3, 0.4) is 0 Å². The summed E-state index contributed by atoms with van der Waals surface area (Å²) in [6.45, 7) is 2.68. The highest BCUT2D eigenvalue weighted by Gasteiger charge is 2.14. The number of hydrogen-bond acceptors (Lipinski definition) is 2. The number of hydrogen-bond donors (Lipinski definition) is 2. The van der Waals surface area contributed by atoms with Crippen molar-refractivity contribution in [2.75, 3.05) is 6.54 Å². The Balaban J connectivity index is 0.00000264. The fourth-order valence-corrected chi connectivity index (χ4v) is 1.95. The lowest BCUT2D eigenvalue weighted by Crippen LogP contribution is -3.00. The average molecular weight is 339 g/mol. The highest BCUT2D eigenvalue weighted by Crippen LogP contribution is 2.27. The second-order valence-corrected chi connectivity index (χ2v) is 5.00. The predicted octanol–water partition coefficient (Wildman–Crippen LogP) is 0.0253. The summed E-state index contributed by atoms with van der Waals surface area (Å²) in [5.41, 5.74) is 4.99. The van der Waals surface area contributed by atoms with Crippen LogP contribution in [-0.4, -0.2) is 12.5 Å². The maximum absolute atomic E-state index is 12.9. The summed E-state index contributed by atoms with van der Waals surface area (Å²) in [4.78, 5) is 12.3. The van der Waals surface area contributed by atoms with Crippen molar-refractivity contribution in [3.63, 3.8) is 0 Å². The van der Waals surface area contributed by atoms with E-state index in [0.29, 0.717) is 23.6 Å². The molecule has 0 aliphatic heterocycles. The van der Waals surface area contributed by atoms with Gasteiger partial charge in [0.05, 0.1) is 5.56 Å². The summed E-state index contributed by atoms with van der Waals surface area (Å²) in [6, 6.07) is 10.8. The summed E-state index contributed by atoms with van der Waals surface area (Å²) in [6.07, 6.45) is 1.93. The van der Waals surface area contributed by atoms with Crippen molar-refractivity contribution in [1.82, 2.24) is 5.32 Å². The van der Waals surface area contributed by atoms with Gasteiger partial charge in [-0.15, -0.1) is 0 Å². The van der Waals surface area contributed by atoms with Crippen molar-refractivity contribution < 1.29 is 32.1 Å². The minimum atomic E-state index is -0.335. The van der Waals surface area contributed by atoms with E-state index < -0.39 is 0 Å². The topological polar surface area (TPSA) is 66.0 Å². The Labute approximate surface area is 141 Å². The molecule has 0 saturated carbocycles. The number of amides is 1. The Morgan fingerprint density at radius 2 is 1.91 bits per heavy atom. The third-order valence-corrected chi connectivity index (χ3v) is 3.15. The smallest absolute Gasteiger partial charge is 0.255 e. The fraction of sp³-hybridized carbons (Fsp3) is 0.235. The third-order valence-electron chi connectivity index (χ3n) is 3.15. The Hall–Kier alpha value is -2.11. The SMILES string of the molecule is CCCCNC(=O)c1cc([NH3+])ccc1Oc1ccc(F)cc1.[Cl-]. The lowest BCUT2D eigenvalue weighted by atomic mass is 10.1. The molecule has 4 nitrogen and oxygen atoms in total. The van der Waals surface area contributed by atoms with Crippen molar-refractivity contribution in [3.05, 3.63) is 53.8 Å². The molecular formula is C17H20ClFN2O2. The van der Waals surface area contributed by atoms with E-state index in [1.54, 1.807) is 18.2 Å². The van der Waals surface area contributed by atoms with E-state index >= 15 is 0 Å². The van der Waals surface area contributed by atoms with Gasteiger partial charge < -0.3 is 28.2 Å². The summed E-state index contributed by atoms with van der Waals surface area (Å²) in [7, 11) is 0. The van der Waals surface area contributed by atoms with Crippen LogP contribution in [0, 0.1) is 5.82 Å². The highest BCUT2D eigenvalue weighted by atomic mass is 35.5. The van der Waals surface area contributed by atoms with Crippen molar-refractivity contribution in [2.24, 2.45) is 0 Å². The minimum Gasteiger partial charge on any atom is -1.00 e. The molecule has 4 N–H and O–H groups in total. The highest BCUT2D eigenvalue weighted by molar-refractivity contribution is 5.97. The van der Waals surface area contributed by atoms with Gasteiger partial charge in [-0.1, -0.05) is 13.3 Å². The lowest BCUT2D eigenvalue weighted by Gasteiger charge is -2.11. The van der Waals surface area contributed by atoms with Crippen LogP contribution in [0.2, 0.25) is 0 Å². The molecule has 23 heavy (non-hydrogen) atoms. The minimum absolute atomic E-state index is 0. The van der Waals surface area contributed by atoms with E-state index in [-0.39, 0.29) is 24.1 Å². The van der Waals surface area contributed by atoms with Gasteiger partial charge in [-0.2, -0.15) is 0 Å². The molecule has 0 spiro atoms. The van der Waals surface area contributed by atoms with Crippen molar-refractivity contribution in [3.8, 4) is 11.5 Å². The first-order valence-corrected chi connectivity index (χ1v) is 7.27. The van der Waals surface area contributed by atoms with Gasteiger partial charge in [-0.25, -0.2) is 4.39 Å². The Kier molecular flexibility index (Phi) is 7.51. The number of carbonyl (C=O) groups is 1. The fourth-order valence-electron chi connectivity index (χ4n) is 1.95. The molecule has 1 amide bonds. The number of carbonyl (C=O) groups excluding carboxylic acids is 1. The van der Waals surface area contributed by atoms with Crippen LogP contribution in [0.4, 0.5) is 10.1 Å². The molecule has 6 heteroatoms. The van der Waals surface area contributed by atoms with E-state index in [2.05, 4.69) is 18.0 Å². The maximum Gasteiger partial charge on any atom is 0.255 e. The predicted molar refractivity (Wildman–Crippen MR) is 82.7 cm³/mol. The first-order valence-electron chi connectivity index (χ1n) is 7.27. The van der Waals surface area contributed by atoms with Gasteiger partial charge in [0, 0.05) is 18.7 Å². The van der Waals surface area contributed by atoms with E-state index in [1.807, 2.05) is 0 Å². The number of unbranched alkanes of at least 4 members (excludes halogenated alkanes) is 1. The molecular weight excluding hydrogens is 319 g/mol. The van der Waals surface area contributed by atoms with Crippen molar-refractivity contribution >= 4 is 11.6 Å². The maximum atomic E-state index is 12.9. The summed E-state index contributed by atoms with van der Waals surface area (Å²) in [5, 5.41) is 2.86. The van der Waals surface area contributed by atoms with Gasteiger partial charge in [0.2, 0.25) is 0 Å². The standard InChI is InChI=1S/C17H19FN2O2.ClH/c1-2-3-10-20-17(21)15-11-13(19)6-9-16(15)22-14-7-4-12(18)5-8-14;/h4-9,11H,2-3,10,19H2,1H3,(H,20,21);1H. The first-order chi connectivity index (χ1) is 10.6. The van der Waals surface area contributed by atoms with Crippen LogP contribution in [0.25, 0.3) is 0 Å². The van der Waals surface area contributed by atoms with Gasteiger partial charge in [-0.3, -0.25) is 4.79 Å². The Bertz CT molecular complexity index is 648. The van der Waals surface area contributed by atoms with Gasteiger partial charge >= 0.3 is 0 Å². The molecule has 0 aliphatic rings. The largest absolute Gasteiger partial charge is 1.00 e. The van der Waals surface area contributed by atoms with Crippen LogP contribution < -0.4 is 28.2 Å². The summed E-state index contributed by atoms with van der Waals surface area (Å²) >= 11 is 0. The molecule has 0 bridgehead atoms. The van der Waals surface area contributed by atoms with Crippen LogP contribution in [0.15, 0.2) is 42.5 Å². The molecule has 2 aromatic carbocycles. The molecule has 0 radical (unpaired) electrons. The molecule has 0 aromatic heterocycles. The third kappa shape index (κ3) is 5.54. The van der Waals surface area contributed by atoms with Gasteiger partial charge in [0.1, 0.15) is 23.0 Å². The number of rotatable bonds is 6. The van der Waals surface area contributed by atoms with Crippen LogP contribution in [0.5, 0.6) is 11.5 Å². The summed E-state index contributed by atoms with van der Waals surface area (Å²) in [5.74, 6) is 0.364. The molecule has 2 aromatic rings.